The summed E-state index contributed by atoms with van der Waals surface area (Å²) in [4.78, 5) is 4.52. The fraction of sp³-hybridized carbons (Fsp3) is 0.680. The number of ether oxygens (including phenoxy) is 3. The van der Waals surface area contributed by atoms with E-state index < -0.39 is 11.6 Å². The molecular formula is C25H30F2N4O4. The highest BCUT2D eigenvalue weighted by atomic mass is 19.1. The molecule has 1 atom stereocenters. The van der Waals surface area contributed by atoms with Crippen LogP contribution in [0.15, 0.2) is 22.9 Å². The van der Waals surface area contributed by atoms with Gasteiger partial charge in [-0.25, -0.2) is 8.78 Å². The minimum absolute atomic E-state index is 0.0151. The molecule has 1 aromatic heterocycles. The lowest BCUT2D eigenvalue weighted by Gasteiger charge is -2.52. The molecule has 0 bridgehead atoms. The van der Waals surface area contributed by atoms with Gasteiger partial charge >= 0.3 is 6.01 Å². The minimum Gasteiger partial charge on any atom is -0.487 e. The van der Waals surface area contributed by atoms with Crippen LogP contribution in [0.4, 0.5) is 14.8 Å². The largest absolute Gasteiger partial charge is 0.487 e. The van der Waals surface area contributed by atoms with Gasteiger partial charge in [-0.15, -0.1) is 5.10 Å². The SMILES string of the molecule is Fc1cc(F)c(OC2CC3(COC3)C2)c(C2CCN(C3COC4(C3)CN(c3nnco3)C4)CC2)c1. The van der Waals surface area contributed by atoms with Crippen LogP contribution in [0, 0.1) is 17.0 Å². The molecule has 5 fully saturated rings. The van der Waals surface area contributed by atoms with Crippen LogP contribution in [0.5, 0.6) is 5.75 Å². The Kier molecular flexibility index (Phi) is 5.08. The normalized spacial score (nSPS) is 28.2. The summed E-state index contributed by atoms with van der Waals surface area (Å²) >= 11 is 0. The lowest BCUT2D eigenvalue weighted by atomic mass is 9.65. The van der Waals surface area contributed by atoms with Gasteiger partial charge in [0.05, 0.1) is 32.9 Å². The maximum Gasteiger partial charge on any atom is 0.318 e. The Hall–Kier alpha value is -2.30. The van der Waals surface area contributed by atoms with Gasteiger partial charge in [0.2, 0.25) is 6.39 Å². The second-order valence-corrected chi connectivity index (χ2v) is 11.2. The molecule has 4 aliphatic heterocycles. The second kappa shape index (κ2) is 8.11. The van der Waals surface area contributed by atoms with E-state index >= 15 is 0 Å². The summed E-state index contributed by atoms with van der Waals surface area (Å²) < 4.78 is 52.0. The monoisotopic (exact) mass is 488 g/mol. The lowest BCUT2D eigenvalue weighted by Crippen LogP contribution is -2.62. The number of anilines is 1. The molecule has 4 saturated heterocycles. The number of likely N-dealkylation sites (tertiary alicyclic amines) is 1. The van der Waals surface area contributed by atoms with Crippen molar-refractivity contribution >= 4 is 6.01 Å². The number of halogens is 2. The molecule has 2 aromatic rings. The molecular weight excluding hydrogens is 458 g/mol. The van der Waals surface area contributed by atoms with E-state index in [0.717, 1.165) is 77.6 Å². The van der Waals surface area contributed by atoms with E-state index in [-0.39, 0.29) is 28.8 Å². The van der Waals surface area contributed by atoms with Crippen molar-refractivity contribution in [2.45, 2.75) is 55.8 Å². The number of nitrogens with zero attached hydrogens (tertiary/aromatic N) is 4. The first kappa shape index (κ1) is 21.9. The van der Waals surface area contributed by atoms with Gasteiger partial charge in [0, 0.05) is 23.1 Å². The maximum atomic E-state index is 14.8. The van der Waals surface area contributed by atoms with Gasteiger partial charge in [0.1, 0.15) is 17.5 Å². The molecule has 1 aromatic carbocycles. The Morgan fingerprint density at radius 1 is 1.06 bits per heavy atom. The van der Waals surface area contributed by atoms with E-state index in [1.165, 1.54) is 12.5 Å². The second-order valence-electron chi connectivity index (χ2n) is 11.2. The van der Waals surface area contributed by atoms with Crippen molar-refractivity contribution < 1.29 is 27.4 Å². The van der Waals surface area contributed by atoms with Gasteiger partial charge in [0.25, 0.3) is 0 Å². The molecule has 5 heterocycles. The number of piperidine rings is 1. The van der Waals surface area contributed by atoms with Gasteiger partial charge in [-0.3, -0.25) is 4.90 Å². The first-order valence-corrected chi connectivity index (χ1v) is 12.6. The Bertz CT molecular complexity index is 1070. The molecule has 5 aliphatic rings. The molecule has 7 rings (SSSR count). The van der Waals surface area contributed by atoms with Crippen molar-refractivity contribution in [3.63, 3.8) is 0 Å². The lowest BCUT2D eigenvalue weighted by molar-refractivity contribution is -0.191. The van der Waals surface area contributed by atoms with Crippen LogP contribution in [0.3, 0.4) is 0 Å². The van der Waals surface area contributed by atoms with Gasteiger partial charge in [-0.05, 0) is 57.2 Å². The summed E-state index contributed by atoms with van der Waals surface area (Å²) in [7, 11) is 0. The van der Waals surface area contributed by atoms with Crippen LogP contribution in [-0.2, 0) is 9.47 Å². The van der Waals surface area contributed by atoms with Crippen molar-refractivity contribution in [1.82, 2.24) is 15.1 Å². The summed E-state index contributed by atoms with van der Waals surface area (Å²) in [6.45, 7) is 5.53. The van der Waals surface area contributed by atoms with Crippen molar-refractivity contribution in [1.29, 1.82) is 0 Å². The topological polar surface area (TPSA) is 73.1 Å². The quantitative estimate of drug-likeness (QED) is 0.636. The number of rotatable bonds is 5. The number of aromatic nitrogens is 2. The van der Waals surface area contributed by atoms with Crippen molar-refractivity contribution in [3.05, 3.63) is 35.7 Å². The van der Waals surface area contributed by atoms with Gasteiger partial charge < -0.3 is 23.5 Å². The van der Waals surface area contributed by atoms with Crippen molar-refractivity contribution in [2.75, 3.05) is 50.9 Å². The fourth-order valence-electron chi connectivity index (χ4n) is 6.73. The number of hydrogen-bond acceptors (Lipinski definition) is 8. The van der Waals surface area contributed by atoms with Crippen LogP contribution < -0.4 is 9.64 Å². The van der Waals surface area contributed by atoms with Gasteiger partial charge in [0.15, 0.2) is 11.6 Å². The number of benzene rings is 1. The third-order valence-corrected chi connectivity index (χ3v) is 8.71. The molecule has 1 aliphatic carbocycles. The number of hydrogen-bond donors (Lipinski definition) is 0. The highest BCUT2D eigenvalue weighted by Gasteiger charge is 2.53. The Morgan fingerprint density at radius 3 is 2.54 bits per heavy atom. The molecule has 0 N–H and O–H groups in total. The first-order valence-electron chi connectivity index (χ1n) is 12.6. The molecule has 2 spiro atoms. The molecule has 1 unspecified atom stereocenters. The van der Waals surface area contributed by atoms with Crippen LogP contribution in [-0.4, -0.2) is 78.8 Å². The summed E-state index contributed by atoms with van der Waals surface area (Å²) in [6, 6.07) is 3.33. The first-order chi connectivity index (χ1) is 17.0. The smallest absolute Gasteiger partial charge is 0.318 e. The van der Waals surface area contributed by atoms with Crippen molar-refractivity contribution in [2.24, 2.45) is 5.41 Å². The fourth-order valence-corrected chi connectivity index (χ4v) is 6.73. The van der Waals surface area contributed by atoms with E-state index in [0.29, 0.717) is 24.2 Å². The molecule has 0 radical (unpaired) electrons. The molecule has 35 heavy (non-hydrogen) atoms. The van der Waals surface area contributed by atoms with Crippen LogP contribution in [0.25, 0.3) is 0 Å². The molecule has 10 heteroatoms. The van der Waals surface area contributed by atoms with E-state index in [1.807, 2.05) is 4.90 Å². The Morgan fingerprint density at radius 2 is 1.86 bits per heavy atom. The standard InChI is InChI=1S/C25H30F2N4O4/c26-17-5-20(22(21(27)6-17)35-19-8-24(9-19)13-32-14-24)16-1-3-30(4-2-16)18-7-25(34-10-18)11-31(12-25)23-29-28-15-33-23/h5-6,15-16,18-19H,1-4,7-14H2. The Labute approximate surface area is 202 Å². The third kappa shape index (κ3) is 3.81. The predicted molar refractivity (Wildman–Crippen MR) is 120 cm³/mol. The summed E-state index contributed by atoms with van der Waals surface area (Å²) in [5, 5.41) is 7.72. The van der Waals surface area contributed by atoms with Crippen LogP contribution in [0.2, 0.25) is 0 Å². The van der Waals surface area contributed by atoms with Gasteiger partial charge in [-0.2, -0.15) is 0 Å². The summed E-state index contributed by atoms with van der Waals surface area (Å²) in [6.07, 6.45) is 5.76. The highest BCUT2D eigenvalue weighted by molar-refractivity contribution is 5.39. The van der Waals surface area contributed by atoms with E-state index in [1.54, 1.807) is 0 Å². The van der Waals surface area contributed by atoms with Crippen LogP contribution >= 0.6 is 0 Å². The minimum atomic E-state index is -0.588. The van der Waals surface area contributed by atoms with E-state index in [4.69, 9.17) is 18.6 Å². The van der Waals surface area contributed by atoms with Crippen molar-refractivity contribution in [3.8, 4) is 5.75 Å². The average Bonchev–Trinajstić information content (AvgIpc) is 3.45. The average molecular weight is 489 g/mol. The molecule has 188 valence electrons. The van der Waals surface area contributed by atoms with E-state index in [9.17, 15) is 8.78 Å². The predicted octanol–water partition coefficient (Wildman–Crippen LogP) is 3.13. The highest BCUT2D eigenvalue weighted by Crippen LogP contribution is 2.49. The molecule has 8 nitrogen and oxygen atoms in total. The third-order valence-electron chi connectivity index (χ3n) is 8.71. The maximum absolute atomic E-state index is 14.8. The zero-order valence-corrected chi connectivity index (χ0v) is 19.6. The zero-order chi connectivity index (χ0) is 23.6. The molecule has 0 amide bonds. The zero-order valence-electron chi connectivity index (χ0n) is 19.6. The summed E-state index contributed by atoms with van der Waals surface area (Å²) in [5.74, 6) is -0.786. The van der Waals surface area contributed by atoms with Gasteiger partial charge in [-0.1, -0.05) is 5.10 Å². The molecule has 1 saturated carbocycles. The van der Waals surface area contributed by atoms with E-state index in [2.05, 4.69) is 15.1 Å². The van der Waals surface area contributed by atoms with Crippen LogP contribution in [0.1, 0.15) is 43.6 Å². The summed E-state index contributed by atoms with van der Waals surface area (Å²) in [5.41, 5.74) is 0.770. The Balaban J connectivity index is 0.971.